The van der Waals surface area contributed by atoms with Crippen LogP contribution < -0.4 is 10.6 Å². The summed E-state index contributed by atoms with van der Waals surface area (Å²) in [5.41, 5.74) is 1.79. The third kappa shape index (κ3) is 5.03. The van der Waals surface area contributed by atoms with Crippen LogP contribution in [0, 0.1) is 0 Å². The summed E-state index contributed by atoms with van der Waals surface area (Å²) in [6, 6.07) is 7.43. The molecule has 6 nitrogen and oxygen atoms in total. The number of rotatable bonds is 4. The van der Waals surface area contributed by atoms with Crippen LogP contribution in [0.5, 0.6) is 0 Å². The first-order valence-electron chi connectivity index (χ1n) is 6.53. The highest BCUT2D eigenvalue weighted by molar-refractivity contribution is 7.03. The number of hydrogen-bond acceptors (Lipinski definition) is 6. The summed E-state index contributed by atoms with van der Waals surface area (Å²) in [6.07, 6.45) is -0.480. The van der Waals surface area contributed by atoms with E-state index in [-0.39, 0.29) is 0 Å². The van der Waals surface area contributed by atoms with Crippen molar-refractivity contribution in [3.8, 4) is 0 Å². The molecule has 0 spiro atoms. The van der Waals surface area contributed by atoms with Crippen molar-refractivity contribution in [3.05, 3.63) is 35.3 Å². The third-order valence-corrected chi connectivity index (χ3v) is 2.98. The summed E-state index contributed by atoms with van der Waals surface area (Å²) in [6.45, 7) is 6.02. The fraction of sp³-hybridized carbons (Fsp3) is 0.357. The highest BCUT2D eigenvalue weighted by atomic mass is 32.1. The third-order valence-electron chi connectivity index (χ3n) is 2.43. The highest BCUT2D eigenvalue weighted by Gasteiger charge is 2.17. The van der Waals surface area contributed by atoms with Crippen LogP contribution in [-0.2, 0) is 11.3 Å². The van der Waals surface area contributed by atoms with Crippen LogP contribution in [0.3, 0.4) is 0 Å². The molecule has 0 atom stereocenters. The van der Waals surface area contributed by atoms with E-state index in [1.807, 2.05) is 50.4 Å². The fourth-order valence-corrected chi connectivity index (χ4v) is 2.06. The molecule has 0 saturated carbocycles. The lowest BCUT2D eigenvalue weighted by Gasteiger charge is -2.20. The molecule has 0 radical (unpaired) electrons. The summed E-state index contributed by atoms with van der Waals surface area (Å²) in [5, 5.41) is 11.8. The van der Waals surface area contributed by atoms with Crippen LogP contribution >= 0.6 is 11.5 Å². The molecule has 0 aliphatic heterocycles. The number of aromatic nitrogens is 2. The molecule has 0 aliphatic carbocycles. The van der Waals surface area contributed by atoms with Gasteiger partial charge in [0.2, 0.25) is 0 Å². The molecule has 1 aromatic heterocycles. The van der Waals surface area contributed by atoms with E-state index in [0.29, 0.717) is 12.2 Å². The summed E-state index contributed by atoms with van der Waals surface area (Å²) in [5.74, 6) is 0. The monoisotopic (exact) mass is 306 g/mol. The quantitative estimate of drug-likeness (QED) is 0.904. The Kier molecular flexibility index (Phi) is 4.74. The Bertz CT molecular complexity index is 593. The predicted molar refractivity (Wildman–Crippen MR) is 83.5 cm³/mol. The first kappa shape index (κ1) is 15.2. The first-order chi connectivity index (χ1) is 9.94. The van der Waals surface area contributed by atoms with Crippen molar-refractivity contribution in [1.82, 2.24) is 9.59 Å². The number of hydrogen-bond donors (Lipinski definition) is 2. The van der Waals surface area contributed by atoms with Gasteiger partial charge in [-0.1, -0.05) is 16.6 Å². The lowest BCUT2D eigenvalue weighted by atomic mass is 10.2. The zero-order chi connectivity index (χ0) is 15.3. The van der Waals surface area contributed by atoms with Crippen LogP contribution in [0.4, 0.5) is 16.2 Å². The number of carbonyl (C=O) groups excluding carboxylic acids is 1. The normalized spacial score (nSPS) is 11.0. The minimum Gasteiger partial charge on any atom is -0.444 e. The minimum atomic E-state index is -0.529. The zero-order valence-electron chi connectivity index (χ0n) is 12.2. The minimum absolute atomic E-state index is 0.480. The smallest absolute Gasteiger partial charge is 0.412 e. The molecule has 21 heavy (non-hydrogen) atoms. The van der Waals surface area contributed by atoms with E-state index in [1.165, 1.54) is 11.5 Å². The molecule has 2 aromatic rings. The van der Waals surface area contributed by atoms with Gasteiger partial charge in [-0.2, -0.15) is 0 Å². The second-order valence-corrected chi connectivity index (χ2v) is 6.03. The molecule has 7 heteroatoms. The maximum absolute atomic E-state index is 11.8. The Labute approximate surface area is 127 Å². The molecule has 1 amide bonds. The number of para-hydroxylation sites is 2. The Morgan fingerprint density at radius 2 is 2.00 bits per heavy atom. The molecule has 0 saturated heterocycles. The van der Waals surface area contributed by atoms with E-state index in [9.17, 15) is 4.79 Å². The second kappa shape index (κ2) is 6.53. The Morgan fingerprint density at radius 1 is 1.29 bits per heavy atom. The molecular formula is C14H18N4O2S. The lowest BCUT2D eigenvalue weighted by molar-refractivity contribution is 0.0636. The topological polar surface area (TPSA) is 76.1 Å². The molecule has 0 bridgehead atoms. The summed E-state index contributed by atoms with van der Waals surface area (Å²) in [7, 11) is 0. The molecule has 2 N–H and O–H groups in total. The summed E-state index contributed by atoms with van der Waals surface area (Å²) in [4.78, 5) is 11.8. The van der Waals surface area contributed by atoms with Gasteiger partial charge in [-0.05, 0) is 44.4 Å². The van der Waals surface area contributed by atoms with Gasteiger partial charge in [0.25, 0.3) is 0 Å². The van der Waals surface area contributed by atoms with Gasteiger partial charge in [-0.3, -0.25) is 5.32 Å². The number of nitrogens with one attached hydrogen (secondary N) is 2. The van der Waals surface area contributed by atoms with Gasteiger partial charge in [0.1, 0.15) is 5.60 Å². The van der Waals surface area contributed by atoms with Crippen LogP contribution in [-0.4, -0.2) is 21.3 Å². The van der Waals surface area contributed by atoms with E-state index in [0.717, 1.165) is 11.4 Å². The molecule has 1 aromatic carbocycles. The predicted octanol–water partition coefficient (Wildman–Crippen LogP) is 3.50. The van der Waals surface area contributed by atoms with E-state index in [2.05, 4.69) is 20.2 Å². The number of ether oxygens (including phenoxy) is 1. The van der Waals surface area contributed by atoms with Crippen LogP contribution in [0.15, 0.2) is 29.6 Å². The van der Waals surface area contributed by atoms with Crippen molar-refractivity contribution in [2.45, 2.75) is 32.9 Å². The lowest BCUT2D eigenvalue weighted by Crippen LogP contribution is -2.27. The van der Waals surface area contributed by atoms with Crippen molar-refractivity contribution >= 4 is 29.0 Å². The number of anilines is 2. The van der Waals surface area contributed by atoms with E-state index < -0.39 is 11.7 Å². The highest BCUT2D eigenvalue weighted by Crippen LogP contribution is 2.22. The molecule has 2 rings (SSSR count). The van der Waals surface area contributed by atoms with Gasteiger partial charge in [-0.25, -0.2) is 4.79 Å². The standard InChI is InChI=1S/C14H18N4O2S/c1-14(2,3)20-13(19)16-12-7-5-4-6-11(12)15-8-10-9-21-18-17-10/h4-7,9,15H,8H2,1-3H3,(H,16,19). The number of nitrogens with zero attached hydrogens (tertiary/aromatic N) is 2. The van der Waals surface area contributed by atoms with Crippen LogP contribution in [0.2, 0.25) is 0 Å². The molecule has 112 valence electrons. The van der Waals surface area contributed by atoms with Crippen molar-refractivity contribution in [3.63, 3.8) is 0 Å². The molecule has 1 heterocycles. The van der Waals surface area contributed by atoms with Gasteiger partial charge in [0.15, 0.2) is 0 Å². The van der Waals surface area contributed by atoms with Gasteiger partial charge in [0.05, 0.1) is 23.6 Å². The Hall–Kier alpha value is -2.15. The SMILES string of the molecule is CC(C)(C)OC(=O)Nc1ccccc1NCc1csnn1. The maximum Gasteiger partial charge on any atom is 0.412 e. The van der Waals surface area contributed by atoms with Gasteiger partial charge in [0, 0.05) is 5.38 Å². The second-order valence-electron chi connectivity index (χ2n) is 5.42. The largest absolute Gasteiger partial charge is 0.444 e. The maximum atomic E-state index is 11.8. The van der Waals surface area contributed by atoms with Crippen LogP contribution in [0.25, 0.3) is 0 Å². The van der Waals surface area contributed by atoms with Crippen molar-refractivity contribution in [2.75, 3.05) is 10.6 Å². The first-order valence-corrected chi connectivity index (χ1v) is 7.36. The molecule has 0 aliphatic rings. The van der Waals surface area contributed by atoms with Crippen molar-refractivity contribution < 1.29 is 9.53 Å². The molecular weight excluding hydrogens is 288 g/mol. The van der Waals surface area contributed by atoms with Gasteiger partial charge >= 0.3 is 6.09 Å². The number of benzene rings is 1. The summed E-state index contributed by atoms with van der Waals surface area (Å²) >= 11 is 1.31. The van der Waals surface area contributed by atoms with E-state index >= 15 is 0 Å². The summed E-state index contributed by atoms with van der Waals surface area (Å²) < 4.78 is 9.06. The molecule has 0 fully saturated rings. The fourth-order valence-electron chi connectivity index (χ4n) is 1.61. The van der Waals surface area contributed by atoms with Gasteiger partial charge < -0.3 is 10.1 Å². The number of carbonyl (C=O) groups is 1. The average molecular weight is 306 g/mol. The van der Waals surface area contributed by atoms with E-state index in [1.54, 1.807) is 0 Å². The Morgan fingerprint density at radius 3 is 2.62 bits per heavy atom. The zero-order valence-corrected chi connectivity index (χ0v) is 13.0. The van der Waals surface area contributed by atoms with Crippen molar-refractivity contribution in [1.29, 1.82) is 0 Å². The Balaban J connectivity index is 2.01. The molecule has 0 unspecified atom stereocenters. The van der Waals surface area contributed by atoms with Crippen molar-refractivity contribution in [2.24, 2.45) is 0 Å². The number of amides is 1. The van der Waals surface area contributed by atoms with Gasteiger partial charge in [-0.15, -0.1) is 5.10 Å². The van der Waals surface area contributed by atoms with Crippen LogP contribution in [0.1, 0.15) is 26.5 Å². The average Bonchev–Trinajstić information content (AvgIpc) is 2.88. The van der Waals surface area contributed by atoms with E-state index in [4.69, 9.17) is 4.74 Å².